The monoisotopic (exact) mass is 344 g/mol. The van der Waals surface area contributed by atoms with Gasteiger partial charge in [0.2, 0.25) is 5.91 Å². The number of carbonyl (C=O) groups excluding carboxylic acids is 1. The summed E-state index contributed by atoms with van der Waals surface area (Å²) in [4.78, 5) is 17.6. The highest BCUT2D eigenvalue weighted by atomic mass is 32.1. The number of nitrogens with one attached hydrogen (secondary N) is 1. The van der Waals surface area contributed by atoms with Crippen LogP contribution in [0.15, 0.2) is 24.3 Å². The molecule has 0 atom stereocenters. The number of amides is 1. The minimum atomic E-state index is -0.206. The quantitative estimate of drug-likeness (QED) is 0.759. The first-order valence-corrected chi connectivity index (χ1v) is 8.01. The number of carbonyl (C=O) groups is 1. The standard InChI is InChI=1S/C15H16N6O2S/c1-9-14(10-4-6-11(23-3)7-5-10)17-15(24-9)16-13(22)8-12-18-19-20-21(12)2/h4-7H,8H2,1-3H3,(H,16,17,22). The molecule has 0 aliphatic carbocycles. The van der Waals surface area contributed by atoms with Crippen molar-refractivity contribution < 1.29 is 9.53 Å². The van der Waals surface area contributed by atoms with E-state index in [-0.39, 0.29) is 12.3 Å². The maximum absolute atomic E-state index is 12.1. The van der Waals surface area contributed by atoms with Crippen LogP contribution in [0.2, 0.25) is 0 Å². The molecule has 0 radical (unpaired) electrons. The summed E-state index contributed by atoms with van der Waals surface area (Å²) in [7, 11) is 3.32. The van der Waals surface area contributed by atoms with Gasteiger partial charge in [0.05, 0.1) is 19.2 Å². The Labute approximate surface area is 142 Å². The maximum Gasteiger partial charge on any atom is 0.233 e. The first kappa shape index (κ1) is 16.1. The van der Waals surface area contributed by atoms with Gasteiger partial charge in [-0.3, -0.25) is 4.79 Å². The van der Waals surface area contributed by atoms with Crippen LogP contribution in [0.1, 0.15) is 10.7 Å². The number of hydrogen-bond donors (Lipinski definition) is 1. The lowest BCUT2D eigenvalue weighted by molar-refractivity contribution is -0.115. The van der Waals surface area contributed by atoms with Gasteiger partial charge in [0.15, 0.2) is 11.0 Å². The first-order valence-electron chi connectivity index (χ1n) is 7.19. The zero-order chi connectivity index (χ0) is 17.1. The summed E-state index contributed by atoms with van der Waals surface area (Å²) in [5.74, 6) is 1.08. The van der Waals surface area contributed by atoms with Crippen molar-refractivity contribution in [1.82, 2.24) is 25.2 Å². The molecule has 0 aliphatic rings. The van der Waals surface area contributed by atoms with Crippen LogP contribution in [-0.2, 0) is 18.3 Å². The number of hydrogen-bond acceptors (Lipinski definition) is 7. The van der Waals surface area contributed by atoms with Crippen LogP contribution in [-0.4, -0.2) is 38.2 Å². The van der Waals surface area contributed by atoms with Crippen LogP contribution in [0.5, 0.6) is 5.75 Å². The second-order valence-electron chi connectivity index (χ2n) is 5.10. The molecular formula is C15H16N6O2S. The molecule has 1 aromatic carbocycles. The SMILES string of the molecule is COc1ccc(-c2nc(NC(=O)Cc3nnnn3C)sc2C)cc1. The number of methoxy groups -OCH3 is 1. The number of rotatable bonds is 5. The van der Waals surface area contributed by atoms with E-state index in [9.17, 15) is 4.79 Å². The second kappa shape index (κ2) is 6.75. The summed E-state index contributed by atoms with van der Waals surface area (Å²) in [5.41, 5.74) is 1.82. The topological polar surface area (TPSA) is 94.8 Å². The fourth-order valence-electron chi connectivity index (χ4n) is 2.17. The Kier molecular flexibility index (Phi) is 4.52. The summed E-state index contributed by atoms with van der Waals surface area (Å²) in [6.45, 7) is 1.97. The van der Waals surface area contributed by atoms with Gasteiger partial charge in [0.25, 0.3) is 0 Å². The maximum atomic E-state index is 12.1. The van der Waals surface area contributed by atoms with Crippen molar-refractivity contribution in [3.05, 3.63) is 35.0 Å². The average Bonchev–Trinajstić information content (AvgIpc) is 3.13. The van der Waals surface area contributed by atoms with Crippen LogP contribution in [0.3, 0.4) is 0 Å². The number of aryl methyl sites for hydroxylation is 2. The summed E-state index contributed by atoms with van der Waals surface area (Å²) < 4.78 is 6.63. The molecule has 3 aromatic rings. The minimum absolute atomic E-state index is 0.0972. The van der Waals surface area contributed by atoms with E-state index in [4.69, 9.17) is 4.74 Å². The van der Waals surface area contributed by atoms with Crippen molar-refractivity contribution in [3.8, 4) is 17.0 Å². The normalized spacial score (nSPS) is 10.6. The predicted molar refractivity (Wildman–Crippen MR) is 90.0 cm³/mol. The molecule has 0 saturated heterocycles. The lowest BCUT2D eigenvalue weighted by atomic mass is 10.1. The number of thiazole rings is 1. The van der Waals surface area contributed by atoms with Crippen molar-refractivity contribution in [1.29, 1.82) is 0 Å². The van der Waals surface area contributed by atoms with E-state index in [0.717, 1.165) is 21.9 Å². The van der Waals surface area contributed by atoms with Gasteiger partial charge < -0.3 is 10.1 Å². The minimum Gasteiger partial charge on any atom is -0.497 e. The van der Waals surface area contributed by atoms with Gasteiger partial charge in [0.1, 0.15) is 5.75 Å². The number of anilines is 1. The van der Waals surface area contributed by atoms with Gasteiger partial charge in [0, 0.05) is 17.5 Å². The van der Waals surface area contributed by atoms with Crippen LogP contribution in [0.25, 0.3) is 11.3 Å². The lowest BCUT2D eigenvalue weighted by Gasteiger charge is -2.02. The van der Waals surface area contributed by atoms with Crippen LogP contribution in [0, 0.1) is 6.92 Å². The van der Waals surface area contributed by atoms with Gasteiger partial charge in [-0.1, -0.05) is 0 Å². The van der Waals surface area contributed by atoms with Crippen molar-refractivity contribution in [2.24, 2.45) is 7.05 Å². The number of ether oxygens (including phenoxy) is 1. The van der Waals surface area contributed by atoms with Crippen molar-refractivity contribution in [2.75, 3.05) is 12.4 Å². The van der Waals surface area contributed by atoms with E-state index in [1.165, 1.54) is 16.0 Å². The number of tetrazole rings is 1. The molecule has 0 spiro atoms. The highest BCUT2D eigenvalue weighted by molar-refractivity contribution is 7.16. The molecule has 0 bridgehead atoms. The summed E-state index contributed by atoms with van der Waals surface area (Å²) >= 11 is 1.43. The summed E-state index contributed by atoms with van der Waals surface area (Å²) in [6, 6.07) is 7.65. The molecule has 9 heteroatoms. The van der Waals surface area contributed by atoms with Gasteiger partial charge in [-0.15, -0.1) is 16.4 Å². The molecule has 0 aliphatic heterocycles. The third kappa shape index (κ3) is 3.40. The Morgan fingerprint density at radius 3 is 2.71 bits per heavy atom. The Morgan fingerprint density at radius 1 is 1.33 bits per heavy atom. The number of aromatic nitrogens is 5. The van der Waals surface area contributed by atoms with Gasteiger partial charge in [-0.05, 0) is 41.6 Å². The zero-order valence-corrected chi connectivity index (χ0v) is 14.3. The Morgan fingerprint density at radius 2 is 2.08 bits per heavy atom. The van der Waals surface area contributed by atoms with Crippen molar-refractivity contribution in [3.63, 3.8) is 0 Å². The molecule has 3 rings (SSSR count). The number of benzene rings is 1. The third-order valence-corrected chi connectivity index (χ3v) is 4.32. The van der Waals surface area contributed by atoms with Crippen LogP contribution in [0.4, 0.5) is 5.13 Å². The summed E-state index contributed by atoms with van der Waals surface area (Å²) in [5, 5.41) is 14.4. The van der Waals surface area contributed by atoms with E-state index in [1.54, 1.807) is 14.2 Å². The van der Waals surface area contributed by atoms with E-state index >= 15 is 0 Å². The van der Waals surface area contributed by atoms with E-state index < -0.39 is 0 Å². The Balaban J connectivity index is 1.73. The fourth-order valence-corrected chi connectivity index (χ4v) is 3.02. The smallest absolute Gasteiger partial charge is 0.233 e. The van der Waals surface area contributed by atoms with Crippen molar-refractivity contribution in [2.45, 2.75) is 13.3 Å². The first-order chi connectivity index (χ1) is 11.6. The molecule has 1 N–H and O–H groups in total. The van der Waals surface area contributed by atoms with Gasteiger partial charge in [-0.2, -0.15) is 0 Å². The fraction of sp³-hybridized carbons (Fsp3) is 0.267. The van der Waals surface area contributed by atoms with E-state index in [0.29, 0.717) is 11.0 Å². The lowest BCUT2D eigenvalue weighted by Crippen LogP contribution is -2.17. The molecule has 124 valence electrons. The predicted octanol–water partition coefficient (Wildman–Crippen LogP) is 1.83. The Hall–Kier alpha value is -2.81. The van der Waals surface area contributed by atoms with E-state index in [2.05, 4.69) is 25.8 Å². The molecule has 2 heterocycles. The highest BCUT2D eigenvalue weighted by Crippen LogP contribution is 2.31. The van der Waals surface area contributed by atoms with Gasteiger partial charge in [-0.25, -0.2) is 9.67 Å². The van der Waals surface area contributed by atoms with Crippen LogP contribution < -0.4 is 10.1 Å². The molecule has 0 unspecified atom stereocenters. The largest absolute Gasteiger partial charge is 0.497 e. The van der Waals surface area contributed by atoms with E-state index in [1.807, 2.05) is 31.2 Å². The zero-order valence-electron chi connectivity index (χ0n) is 13.5. The Bertz CT molecular complexity index is 855. The molecular weight excluding hydrogens is 328 g/mol. The van der Waals surface area contributed by atoms with Crippen LogP contribution >= 0.6 is 11.3 Å². The second-order valence-corrected chi connectivity index (χ2v) is 6.30. The molecule has 24 heavy (non-hydrogen) atoms. The molecule has 2 aromatic heterocycles. The number of nitrogens with zero attached hydrogens (tertiary/aromatic N) is 5. The molecule has 1 amide bonds. The third-order valence-electron chi connectivity index (χ3n) is 3.43. The molecule has 0 saturated carbocycles. The molecule has 0 fully saturated rings. The highest BCUT2D eigenvalue weighted by Gasteiger charge is 2.14. The average molecular weight is 344 g/mol. The van der Waals surface area contributed by atoms with Crippen molar-refractivity contribution >= 4 is 22.4 Å². The summed E-state index contributed by atoms with van der Waals surface area (Å²) in [6.07, 6.45) is 0.0972. The van der Waals surface area contributed by atoms with Gasteiger partial charge >= 0.3 is 0 Å². The molecule has 8 nitrogen and oxygen atoms in total.